The summed E-state index contributed by atoms with van der Waals surface area (Å²) in [6, 6.07) is 15.5. The Morgan fingerprint density at radius 2 is 1.90 bits per heavy atom. The van der Waals surface area contributed by atoms with Crippen molar-refractivity contribution in [2.24, 2.45) is 0 Å². The maximum absolute atomic E-state index is 13.8. The van der Waals surface area contributed by atoms with E-state index in [0.29, 0.717) is 12.2 Å². The van der Waals surface area contributed by atoms with Gasteiger partial charge in [0, 0.05) is 32.1 Å². The van der Waals surface area contributed by atoms with Crippen LogP contribution in [-0.4, -0.2) is 47.5 Å². The van der Waals surface area contributed by atoms with Crippen LogP contribution >= 0.6 is 0 Å². The summed E-state index contributed by atoms with van der Waals surface area (Å²) in [5.41, 5.74) is 4.19. The molecule has 0 spiro atoms. The van der Waals surface area contributed by atoms with Crippen LogP contribution in [0, 0.1) is 5.82 Å². The fourth-order valence-corrected chi connectivity index (χ4v) is 5.12. The SMILES string of the molecule is CCN1CCc2c(c(CN(C)S(=O)(=O)Cc3ccccc3)nn2-c2cccc(F)c2)C1. The van der Waals surface area contributed by atoms with Crippen LogP contribution in [0.4, 0.5) is 4.39 Å². The number of halogens is 1. The maximum Gasteiger partial charge on any atom is 0.218 e. The van der Waals surface area contributed by atoms with Gasteiger partial charge in [-0.3, -0.25) is 4.90 Å². The van der Waals surface area contributed by atoms with Crippen molar-refractivity contribution >= 4 is 10.0 Å². The molecule has 1 aliphatic rings. The number of hydrogen-bond acceptors (Lipinski definition) is 4. The van der Waals surface area contributed by atoms with Gasteiger partial charge in [-0.1, -0.05) is 43.3 Å². The summed E-state index contributed by atoms with van der Waals surface area (Å²) in [5, 5.41) is 4.75. The molecule has 0 radical (unpaired) electrons. The molecule has 31 heavy (non-hydrogen) atoms. The molecule has 1 aromatic heterocycles. The highest BCUT2D eigenvalue weighted by molar-refractivity contribution is 7.88. The zero-order valence-electron chi connectivity index (χ0n) is 17.8. The van der Waals surface area contributed by atoms with Gasteiger partial charge in [-0.05, 0) is 30.3 Å². The van der Waals surface area contributed by atoms with E-state index in [4.69, 9.17) is 5.10 Å². The minimum atomic E-state index is -3.51. The molecule has 2 heterocycles. The zero-order chi connectivity index (χ0) is 22.0. The maximum atomic E-state index is 13.8. The normalized spacial score (nSPS) is 14.7. The standard InChI is InChI=1S/C23H27FN4O2S/c1-3-27-13-12-23-21(15-27)22(25-28(23)20-11-7-10-19(24)14-20)16-26(2)31(29,30)17-18-8-5-4-6-9-18/h4-11,14H,3,12-13,15-17H2,1-2H3. The molecule has 164 valence electrons. The highest BCUT2D eigenvalue weighted by Gasteiger charge is 2.28. The molecule has 0 N–H and O–H groups in total. The van der Waals surface area contributed by atoms with Crippen molar-refractivity contribution in [3.05, 3.63) is 82.9 Å². The molecular weight excluding hydrogens is 415 g/mol. The molecule has 6 nitrogen and oxygen atoms in total. The first kappa shape index (κ1) is 21.7. The summed E-state index contributed by atoms with van der Waals surface area (Å²) in [6.07, 6.45) is 0.785. The van der Waals surface area contributed by atoms with Crippen molar-refractivity contribution in [1.29, 1.82) is 0 Å². The Morgan fingerprint density at radius 1 is 1.13 bits per heavy atom. The van der Waals surface area contributed by atoms with Gasteiger partial charge in [-0.2, -0.15) is 9.40 Å². The van der Waals surface area contributed by atoms with E-state index in [2.05, 4.69) is 11.8 Å². The average Bonchev–Trinajstić information content (AvgIpc) is 3.11. The molecule has 0 atom stereocenters. The first-order valence-corrected chi connectivity index (χ1v) is 12.0. The van der Waals surface area contributed by atoms with Crippen molar-refractivity contribution in [2.75, 3.05) is 20.1 Å². The molecule has 0 bridgehead atoms. The van der Waals surface area contributed by atoms with Gasteiger partial charge in [0.15, 0.2) is 0 Å². The van der Waals surface area contributed by atoms with Crippen LogP contribution in [0.15, 0.2) is 54.6 Å². The minimum absolute atomic E-state index is 0.0573. The molecule has 0 saturated heterocycles. The summed E-state index contributed by atoms with van der Waals surface area (Å²) >= 11 is 0. The molecule has 0 fully saturated rings. The van der Waals surface area contributed by atoms with Gasteiger partial charge in [0.1, 0.15) is 5.82 Å². The summed E-state index contributed by atoms with van der Waals surface area (Å²) in [5.74, 6) is -0.380. The number of nitrogens with zero attached hydrogens (tertiary/aromatic N) is 4. The number of sulfonamides is 1. The van der Waals surface area contributed by atoms with Crippen LogP contribution in [-0.2, 0) is 35.3 Å². The second kappa shape index (κ2) is 8.90. The Labute approximate surface area is 183 Å². The van der Waals surface area contributed by atoms with E-state index in [0.717, 1.165) is 42.0 Å². The van der Waals surface area contributed by atoms with Crippen molar-refractivity contribution < 1.29 is 12.8 Å². The average molecular weight is 443 g/mol. The van der Waals surface area contributed by atoms with Crippen molar-refractivity contribution in [3.8, 4) is 5.69 Å². The van der Waals surface area contributed by atoms with Gasteiger partial charge in [0.25, 0.3) is 0 Å². The summed E-state index contributed by atoms with van der Waals surface area (Å²) in [4.78, 5) is 2.31. The number of hydrogen-bond donors (Lipinski definition) is 0. The Morgan fingerprint density at radius 3 is 2.61 bits per heavy atom. The lowest BCUT2D eigenvalue weighted by atomic mass is 10.0. The Hall–Kier alpha value is -2.55. The smallest absolute Gasteiger partial charge is 0.218 e. The molecule has 8 heteroatoms. The van der Waals surface area contributed by atoms with E-state index < -0.39 is 10.0 Å². The van der Waals surface area contributed by atoms with Crippen molar-refractivity contribution in [2.45, 2.75) is 32.2 Å². The third kappa shape index (κ3) is 4.71. The lowest BCUT2D eigenvalue weighted by Crippen LogP contribution is -2.32. The first-order chi connectivity index (χ1) is 14.9. The Balaban J connectivity index is 1.66. The predicted molar refractivity (Wildman–Crippen MR) is 119 cm³/mol. The summed E-state index contributed by atoms with van der Waals surface area (Å²) < 4.78 is 42.9. The monoisotopic (exact) mass is 442 g/mol. The third-order valence-electron chi connectivity index (χ3n) is 5.76. The van der Waals surface area contributed by atoms with Crippen LogP contribution in [0.3, 0.4) is 0 Å². The molecule has 1 aliphatic heterocycles. The third-order valence-corrected chi connectivity index (χ3v) is 7.54. The minimum Gasteiger partial charge on any atom is -0.299 e. The van der Waals surface area contributed by atoms with E-state index in [-0.39, 0.29) is 18.1 Å². The number of aromatic nitrogens is 2. The molecular formula is C23H27FN4O2S. The van der Waals surface area contributed by atoms with Crippen LogP contribution in [0.5, 0.6) is 0 Å². The van der Waals surface area contributed by atoms with Crippen LogP contribution in [0.1, 0.15) is 29.4 Å². The van der Waals surface area contributed by atoms with Gasteiger partial charge in [-0.15, -0.1) is 0 Å². The fourth-order valence-electron chi connectivity index (χ4n) is 3.96. The molecule has 3 aromatic rings. The van der Waals surface area contributed by atoms with E-state index >= 15 is 0 Å². The predicted octanol–water partition coefficient (Wildman–Crippen LogP) is 3.35. The van der Waals surface area contributed by atoms with E-state index in [1.165, 1.54) is 16.4 Å². The summed E-state index contributed by atoms with van der Waals surface area (Å²) in [7, 11) is -1.92. The molecule has 0 unspecified atom stereocenters. The largest absolute Gasteiger partial charge is 0.299 e. The number of benzene rings is 2. The number of rotatable bonds is 7. The topological polar surface area (TPSA) is 58.4 Å². The van der Waals surface area contributed by atoms with Crippen LogP contribution in [0.2, 0.25) is 0 Å². The molecule has 4 rings (SSSR count). The lowest BCUT2D eigenvalue weighted by molar-refractivity contribution is 0.264. The Bertz CT molecular complexity index is 1160. The molecule has 2 aromatic carbocycles. The van der Waals surface area contributed by atoms with Crippen LogP contribution in [0.25, 0.3) is 5.69 Å². The summed E-state index contributed by atoms with van der Waals surface area (Å²) in [6.45, 7) is 4.80. The highest BCUT2D eigenvalue weighted by Crippen LogP contribution is 2.27. The van der Waals surface area contributed by atoms with Gasteiger partial charge >= 0.3 is 0 Å². The number of fused-ring (bicyclic) bond motifs is 1. The van der Waals surface area contributed by atoms with E-state index in [1.54, 1.807) is 17.8 Å². The van der Waals surface area contributed by atoms with Crippen molar-refractivity contribution in [1.82, 2.24) is 19.0 Å². The van der Waals surface area contributed by atoms with Gasteiger partial charge in [0.2, 0.25) is 10.0 Å². The second-order valence-corrected chi connectivity index (χ2v) is 9.96. The first-order valence-electron chi connectivity index (χ1n) is 10.4. The highest BCUT2D eigenvalue weighted by atomic mass is 32.2. The van der Waals surface area contributed by atoms with Crippen molar-refractivity contribution in [3.63, 3.8) is 0 Å². The van der Waals surface area contributed by atoms with Gasteiger partial charge < -0.3 is 0 Å². The van der Waals surface area contributed by atoms with E-state index in [1.807, 2.05) is 36.4 Å². The number of likely N-dealkylation sites (N-methyl/N-ethyl adjacent to an activating group) is 1. The molecule has 0 amide bonds. The Kier molecular flexibility index (Phi) is 6.22. The van der Waals surface area contributed by atoms with Gasteiger partial charge in [0.05, 0.1) is 29.4 Å². The van der Waals surface area contributed by atoms with Gasteiger partial charge in [-0.25, -0.2) is 17.5 Å². The molecule has 0 saturated carbocycles. The quantitative estimate of drug-likeness (QED) is 0.563. The zero-order valence-corrected chi connectivity index (χ0v) is 18.6. The fraction of sp³-hybridized carbons (Fsp3) is 0.348. The van der Waals surface area contributed by atoms with Crippen LogP contribution < -0.4 is 0 Å². The van der Waals surface area contributed by atoms with E-state index in [9.17, 15) is 12.8 Å². The second-order valence-electron chi connectivity index (χ2n) is 7.88. The molecule has 0 aliphatic carbocycles. The lowest BCUT2D eigenvalue weighted by Gasteiger charge is -2.26.